The molecular weight excluding hydrogens is 286 g/mol. The maximum Gasteiger partial charge on any atom is 0.407 e. The van der Waals surface area contributed by atoms with Crippen LogP contribution in [-0.2, 0) is 11.8 Å². The first-order valence-electron chi connectivity index (χ1n) is 7.47. The molecule has 3 heterocycles. The monoisotopic (exact) mass is 303 g/mol. The highest BCUT2D eigenvalue weighted by atomic mass is 16.4. The molecule has 2 aliphatic rings. The molecule has 1 saturated heterocycles. The minimum absolute atomic E-state index is 0.0917. The molecule has 2 N–H and O–H groups in total. The lowest BCUT2D eigenvalue weighted by atomic mass is 9.72. The number of carboxylic acid groups (broad SMARTS) is 1. The van der Waals surface area contributed by atoms with Gasteiger partial charge in [-0.3, -0.25) is 9.89 Å². The highest BCUT2D eigenvalue weighted by Crippen LogP contribution is 2.45. The minimum atomic E-state index is -0.889. The van der Waals surface area contributed by atoms with Gasteiger partial charge in [0.05, 0.1) is 5.69 Å². The molecule has 22 heavy (non-hydrogen) atoms. The van der Waals surface area contributed by atoms with Crippen molar-refractivity contribution < 1.29 is 9.90 Å². The number of H-pyrrole nitrogens is 1. The maximum atomic E-state index is 12.8. The van der Waals surface area contributed by atoms with Gasteiger partial charge in [-0.25, -0.2) is 14.8 Å². The highest BCUT2D eigenvalue weighted by molar-refractivity contribution is 5.65. The topological polar surface area (TPSA) is 104 Å². The maximum absolute atomic E-state index is 12.8. The zero-order valence-corrected chi connectivity index (χ0v) is 12.2. The van der Waals surface area contributed by atoms with Crippen LogP contribution < -0.4 is 5.56 Å². The lowest BCUT2D eigenvalue weighted by molar-refractivity contribution is 0.0850. The summed E-state index contributed by atoms with van der Waals surface area (Å²) >= 11 is 0. The molecule has 8 nitrogen and oxygen atoms in total. The summed E-state index contributed by atoms with van der Waals surface area (Å²) in [7, 11) is 0. The second kappa shape index (κ2) is 4.31. The third-order valence-electron chi connectivity index (χ3n) is 5.17. The number of rotatable bonds is 0. The normalized spacial score (nSPS) is 27.5. The van der Waals surface area contributed by atoms with Crippen LogP contribution in [0, 0.1) is 0 Å². The van der Waals surface area contributed by atoms with Crippen molar-refractivity contribution in [2.75, 3.05) is 6.54 Å². The van der Waals surface area contributed by atoms with E-state index in [1.54, 1.807) is 0 Å². The van der Waals surface area contributed by atoms with Crippen LogP contribution in [0.3, 0.4) is 0 Å². The molecule has 0 bridgehead atoms. The number of aromatic nitrogens is 4. The van der Waals surface area contributed by atoms with Gasteiger partial charge in [0.2, 0.25) is 0 Å². The van der Waals surface area contributed by atoms with Crippen LogP contribution >= 0.6 is 0 Å². The molecule has 2 aromatic rings. The molecule has 0 aromatic carbocycles. The van der Waals surface area contributed by atoms with Gasteiger partial charge < -0.3 is 10.0 Å². The summed E-state index contributed by atoms with van der Waals surface area (Å²) in [5, 5.41) is 12.0. The Hall–Kier alpha value is -2.38. The van der Waals surface area contributed by atoms with Crippen molar-refractivity contribution in [3.63, 3.8) is 0 Å². The zero-order valence-electron chi connectivity index (χ0n) is 12.2. The van der Waals surface area contributed by atoms with Crippen molar-refractivity contribution in [2.45, 2.75) is 44.1 Å². The Morgan fingerprint density at radius 2 is 2.32 bits per heavy atom. The van der Waals surface area contributed by atoms with Crippen molar-refractivity contribution in [2.24, 2.45) is 0 Å². The summed E-state index contributed by atoms with van der Waals surface area (Å²) in [6.45, 7) is 2.37. The Morgan fingerprint density at radius 1 is 1.50 bits per heavy atom. The van der Waals surface area contributed by atoms with Gasteiger partial charge >= 0.3 is 6.09 Å². The van der Waals surface area contributed by atoms with Gasteiger partial charge in [-0.1, -0.05) is 0 Å². The van der Waals surface area contributed by atoms with Crippen LogP contribution in [0.15, 0.2) is 11.1 Å². The Kier molecular flexibility index (Phi) is 2.60. The van der Waals surface area contributed by atoms with E-state index in [1.807, 2.05) is 6.92 Å². The number of likely N-dealkylation sites (tertiary alicyclic amines) is 1. The van der Waals surface area contributed by atoms with Crippen molar-refractivity contribution >= 4 is 11.9 Å². The smallest absolute Gasteiger partial charge is 0.407 e. The molecule has 1 aliphatic heterocycles. The lowest BCUT2D eigenvalue weighted by Gasteiger charge is -2.42. The third kappa shape index (κ3) is 1.63. The summed E-state index contributed by atoms with van der Waals surface area (Å²) in [6, 6.07) is -0.0981. The molecule has 8 heteroatoms. The lowest BCUT2D eigenvalue weighted by Crippen LogP contribution is -2.50. The average Bonchev–Trinajstić information content (AvgIpc) is 3.05. The van der Waals surface area contributed by atoms with Crippen LogP contribution in [0.25, 0.3) is 5.78 Å². The number of piperidine rings is 1. The van der Waals surface area contributed by atoms with Crippen LogP contribution in [0.5, 0.6) is 0 Å². The Bertz CT molecular complexity index is 825. The molecule has 1 spiro atoms. The van der Waals surface area contributed by atoms with Gasteiger partial charge in [0.25, 0.3) is 11.3 Å². The molecular formula is C14H17N5O3. The van der Waals surface area contributed by atoms with E-state index in [1.165, 1.54) is 15.7 Å². The molecule has 1 amide bonds. The van der Waals surface area contributed by atoms with E-state index >= 15 is 0 Å². The summed E-state index contributed by atoms with van der Waals surface area (Å²) < 4.78 is 1.38. The Balaban J connectivity index is 1.82. The number of nitrogens with zero attached hydrogens (tertiary/aromatic N) is 4. The first kappa shape index (κ1) is 13.3. The minimum Gasteiger partial charge on any atom is -0.465 e. The van der Waals surface area contributed by atoms with Crippen LogP contribution in [0.4, 0.5) is 4.79 Å². The van der Waals surface area contributed by atoms with E-state index in [0.29, 0.717) is 25.2 Å². The molecule has 2 unspecified atom stereocenters. The predicted molar refractivity (Wildman–Crippen MR) is 77.0 cm³/mol. The van der Waals surface area contributed by atoms with Gasteiger partial charge in [0.1, 0.15) is 6.33 Å². The number of hydrogen-bond acceptors (Lipinski definition) is 4. The largest absolute Gasteiger partial charge is 0.465 e. The SMILES string of the molecule is CC1CC2(CCc3nc4nc[nH]n4c(=O)c32)CCN1C(=O)O. The summed E-state index contributed by atoms with van der Waals surface area (Å²) in [6.07, 6.45) is 3.53. The second-order valence-corrected chi connectivity index (χ2v) is 6.32. The van der Waals surface area contributed by atoms with Crippen molar-refractivity contribution in [3.05, 3.63) is 27.9 Å². The molecule has 2 atom stereocenters. The first-order chi connectivity index (χ1) is 10.5. The fourth-order valence-electron chi connectivity index (χ4n) is 4.17. The van der Waals surface area contributed by atoms with E-state index in [4.69, 9.17) is 0 Å². The van der Waals surface area contributed by atoms with Crippen molar-refractivity contribution in [1.82, 2.24) is 24.5 Å². The van der Waals surface area contributed by atoms with Gasteiger partial charge in [0.15, 0.2) is 0 Å². The molecule has 2 aromatic heterocycles. The number of hydrogen-bond donors (Lipinski definition) is 2. The average molecular weight is 303 g/mol. The fourth-order valence-corrected chi connectivity index (χ4v) is 4.17. The molecule has 1 aliphatic carbocycles. The number of fused-ring (bicyclic) bond motifs is 3. The van der Waals surface area contributed by atoms with Crippen molar-refractivity contribution in [1.29, 1.82) is 0 Å². The number of carbonyl (C=O) groups is 1. The quantitative estimate of drug-likeness (QED) is 0.748. The van der Waals surface area contributed by atoms with E-state index in [2.05, 4.69) is 15.1 Å². The molecule has 1 fully saturated rings. The van der Waals surface area contributed by atoms with Gasteiger partial charge in [-0.2, -0.15) is 4.52 Å². The van der Waals surface area contributed by atoms with Gasteiger partial charge in [-0.15, -0.1) is 0 Å². The Labute approximate surface area is 125 Å². The Morgan fingerprint density at radius 3 is 3.05 bits per heavy atom. The predicted octanol–water partition coefficient (Wildman–Crippen LogP) is 0.764. The fraction of sp³-hybridized carbons (Fsp3) is 0.571. The van der Waals surface area contributed by atoms with Crippen LogP contribution in [0.1, 0.15) is 37.4 Å². The molecule has 0 radical (unpaired) electrons. The molecule has 0 saturated carbocycles. The summed E-state index contributed by atoms with van der Waals surface area (Å²) in [5.74, 6) is 0.400. The van der Waals surface area contributed by atoms with Gasteiger partial charge in [-0.05, 0) is 32.6 Å². The number of nitrogens with one attached hydrogen (secondary N) is 1. The first-order valence-corrected chi connectivity index (χ1v) is 7.47. The van der Waals surface area contributed by atoms with Crippen LogP contribution in [0.2, 0.25) is 0 Å². The molecule has 116 valence electrons. The van der Waals surface area contributed by atoms with E-state index in [-0.39, 0.29) is 17.0 Å². The van der Waals surface area contributed by atoms with Gasteiger partial charge in [0, 0.05) is 23.6 Å². The van der Waals surface area contributed by atoms with E-state index in [9.17, 15) is 14.7 Å². The zero-order chi connectivity index (χ0) is 15.5. The summed E-state index contributed by atoms with van der Waals surface area (Å²) in [4.78, 5) is 34.1. The highest BCUT2D eigenvalue weighted by Gasteiger charge is 2.47. The van der Waals surface area contributed by atoms with E-state index < -0.39 is 6.09 Å². The third-order valence-corrected chi connectivity index (χ3v) is 5.17. The molecule has 4 rings (SSSR count). The second-order valence-electron chi connectivity index (χ2n) is 6.32. The van der Waals surface area contributed by atoms with Crippen molar-refractivity contribution in [3.8, 4) is 0 Å². The van der Waals surface area contributed by atoms with E-state index in [0.717, 1.165) is 24.1 Å². The standard InChI is InChI=1S/C14H17N5O3/c1-8-6-14(4-5-18(8)13(21)22)3-2-9-10(14)11(20)19-12(17-9)15-7-16-19/h7-8H,2-6H2,1H3,(H,21,22)(H,15,16,17). The number of aromatic amines is 1. The van der Waals surface area contributed by atoms with Crippen LogP contribution in [-0.4, -0.2) is 48.3 Å². The number of amides is 1. The summed E-state index contributed by atoms with van der Waals surface area (Å²) in [5.41, 5.74) is 1.24. The number of aryl methyl sites for hydroxylation is 1.